The van der Waals surface area contributed by atoms with Gasteiger partial charge in [-0.05, 0) is 6.07 Å². The number of hydrogen-bond acceptors (Lipinski definition) is 5. The molecule has 1 rings (SSSR count). The summed E-state index contributed by atoms with van der Waals surface area (Å²) in [5.41, 5.74) is 5.11. The maximum atomic E-state index is 11.3. The fourth-order valence-electron chi connectivity index (χ4n) is 1.73. The van der Waals surface area contributed by atoms with Gasteiger partial charge in [0.05, 0.1) is 17.6 Å². The van der Waals surface area contributed by atoms with Gasteiger partial charge in [-0.25, -0.2) is 0 Å². The fourth-order valence-corrected chi connectivity index (χ4v) is 1.97. The van der Waals surface area contributed by atoms with Crippen molar-refractivity contribution >= 4 is 23.2 Å². The lowest BCUT2D eigenvalue weighted by Gasteiger charge is -2.18. The van der Waals surface area contributed by atoms with E-state index in [1.54, 1.807) is 0 Å². The lowest BCUT2D eigenvalue weighted by atomic mass is 10.2. The van der Waals surface area contributed by atoms with E-state index in [4.69, 9.17) is 22.1 Å². The van der Waals surface area contributed by atoms with Crippen LogP contribution in [0.15, 0.2) is 18.2 Å². The first-order chi connectivity index (χ1) is 9.81. The SMILES string of the molecule is CC(C)NC(CCOc1ccc([N+](=O)[O-])c(Cl)c1)C(N)=O. The molecule has 1 amide bonds. The number of nitrogens with zero attached hydrogens (tertiary/aromatic N) is 1. The van der Waals surface area contributed by atoms with Crippen LogP contribution in [0.3, 0.4) is 0 Å². The van der Waals surface area contributed by atoms with Crippen LogP contribution in [-0.2, 0) is 4.79 Å². The highest BCUT2D eigenvalue weighted by atomic mass is 35.5. The topological polar surface area (TPSA) is 107 Å². The zero-order valence-corrected chi connectivity index (χ0v) is 12.6. The van der Waals surface area contributed by atoms with E-state index in [1.807, 2.05) is 13.8 Å². The van der Waals surface area contributed by atoms with Gasteiger partial charge in [-0.1, -0.05) is 25.4 Å². The molecule has 0 spiro atoms. The number of amides is 1. The normalized spacial score (nSPS) is 12.2. The number of nitro benzene ring substituents is 1. The number of halogens is 1. The van der Waals surface area contributed by atoms with E-state index in [2.05, 4.69) is 5.32 Å². The van der Waals surface area contributed by atoms with Crippen LogP contribution in [-0.4, -0.2) is 29.5 Å². The van der Waals surface area contributed by atoms with Gasteiger partial charge in [0.2, 0.25) is 5.91 Å². The molecule has 116 valence electrons. The maximum Gasteiger partial charge on any atom is 0.288 e. The third-order valence-electron chi connectivity index (χ3n) is 2.67. The lowest BCUT2D eigenvalue weighted by molar-refractivity contribution is -0.384. The van der Waals surface area contributed by atoms with E-state index in [9.17, 15) is 14.9 Å². The number of carbonyl (C=O) groups excluding carboxylic acids is 1. The molecular formula is C13H18ClN3O4. The molecule has 0 aliphatic rings. The van der Waals surface area contributed by atoms with E-state index in [0.29, 0.717) is 12.2 Å². The Hall–Kier alpha value is -1.86. The third-order valence-corrected chi connectivity index (χ3v) is 2.97. The van der Waals surface area contributed by atoms with Gasteiger partial charge in [-0.3, -0.25) is 14.9 Å². The first-order valence-electron chi connectivity index (χ1n) is 6.43. The molecule has 1 aromatic rings. The van der Waals surface area contributed by atoms with Crippen molar-refractivity contribution in [3.8, 4) is 5.75 Å². The highest BCUT2D eigenvalue weighted by Crippen LogP contribution is 2.28. The number of benzene rings is 1. The number of nitrogens with two attached hydrogens (primary N) is 1. The molecule has 0 heterocycles. The Bertz CT molecular complexity index is 522. The van der Waals surface area contributed by atoms with Crippen molar-refractivity contribution in [2.45, 2.75) is 32.4 Å². The molecule has 0 saturated carbocycles. The van der Waals surface area contributed by atoms with Crippen LogP contribution in [0.5, 0.6) is 5.75 Å². The fraction of sp³-hybridized carbons (Fsp3) is 0.462. The van der Waals surface area contributed by atoms with Crippen LogP contribution >= 0.6 is 11.6 Å². The smallest absolute Gasteiger partial charge is 0.288 e. The minimum Gasteiger partial charge on any atom is -0.493 e. The number of nitro groups is 1. The molecule has 21 heavy (non-hydrogen) atoms. The van der Waals surface area contributed by atoms with Crippen LogP contribution in [0.1, 0.15) is 20.3 Å². The van der Waals surface area contributed by atoms with Crippen LogP contribution in [0.4, 0.5) is 5.69 Å². The second-order valence-corrected chi connectivity index (χ2v) is 5.19. The Morgan fingerprint density at radius 1 is 1.52 bits per heavy atom. The van der Waals surface area contributed by atoms with Crippen LogP contribution in [0, 0.1) is 10.1 Å². The Morgan fingerprint density at radius 2 is 2.19 bits per heavy atom. The van der Waals surface area contributed by atoms with Gasteiger partial charge < -0.3 is 15.8 Å². The molecule has 8 heteroatoms. The second kappa shape index (κ2) is 7.80. The Morgan fingerprint density at radius 3 is 2.67 bits per heavy atom. The van der Waals surface area contributed by atoms with Gasteiger partial charge >= 0.3 is 0 Å². The summed E-state index contributed by atoms with van der Waals surface area (Å²) >= 11 is 5.78. The molecule has 1 unspecified atom stereocenters. The molecule has 0 radical (unpaired) electrons. The summed E-state index contributed by atoms with van der Waals surface area (Å²) in [5.74, 6) is -0.0487. The summed E-state index contributed by atoms with van der Waals surface area (Å²) in [5, 5.41) is 13.7. The number of nitrogens with one attached hydrogen (secondary N) is 1. The third kappa shape index (κ3) is 5.57. The average Bonchev–Trinajstić information content (AvgIpc) is 2.36. The lowest BCUT2D eigenvalue weighted by Crippen LogP contribution is -2.45. The van der Waals surface area contributed by atoms with E-state index < -0.39 is 16.9 Å². The minimum absolute atomic E-state index is 0.00394. The zero-order valence-electron chi connectivity index (χ0n) is 11.8. The van der Waals surface area contributed by atoms with E-state index in [0.717, 1.165) is 0 Å². The van der Waals surface area contributed by atoms with Crippen molar-refractivity contribution in [2.75, 3.05) is 6.61 Å². The highest BCUT2D eigenvalue weighted by Gasteiger charge is 2.16. The Kier molecular flexibility index (Phi) is 6.39. The first-order valence-corrected chi connectivity index (χ1v) is 6.81. The molecule has 0 fully saturated rings. The van der Waals surface area contributed by atoms with Crippen molar-refractivity contribution in [3.63, 3.8) is 0 Å². The largest absolute Gasteiger partial charge is 0.493 e. The van der Waals surface area contributed by atoms with Gasteiger partial charge in [0, 0.05) is 24.6 Å². The quantitative estimate of drug-likeness (QED) is 0.562. The number of hydrogen-bond donors (Lipinski definition) is 2. The summed E-state index contributed by atoms with van der Waals surface area (Å²) in [4.78, 5) is 21.3. The van der Waals surface area contributed by atoms with Crippen molar-refractivity contribution < 1.29 is 14.5 Å². The molecule has 0 bridgehead atoms. The highest BCUT2D eigenvalue weighted by molar-refractivity contribution is 6.32. The summed E-state index contributed by atoms with van der Waals surface area (Å²) < 4.78 is 5.43. The van der Waals surface area contributed by atoms with Crippen LogP contribution in [0.25, 0.3) is 0 Å². The van der Waals surface area contributed by atoms with Crippen molar-refractivity contribution in [3.05, 3.63) is 33.3 Å². The Labute approximate surface area is 127 Å². The predicted molar refractivity (Wildman–Crippen MR) is 79.5 cm³/mol. The van der Waals surface area contributed by atoms with Crippen molar-refractivity contribution in [2.24, 2.45) is 5.73 Å². The minimum atomic E-state index is -0.568. The molecule has 7 nitrogen and oxygen atoms in total. The van der Waals surface area contributed by atoms with Gasteiger partial charge in [0.15, 0.2) is 0 Å². The molecule has 1 aromatic carbocycles. The summed E-state index contributed by atoms with van der Waals surface area (Å²) in [6.45, 7) is 4.06. The summed E-state index contributed by atoms with van der Waals surface area (Å²) in [7, 11) is 0. The van der Waals surface area contributed by atoms with Gasteiger partial charge in [0.25, 0.3) is 5.69 Å². The molecule has 0 saturated heterocycles. The standard InChI is InChI=1S/C13H18ClN3O4/c1-8(2)16-11(13(15)18)5-6-21-9-3-4-12(17(19)20)10(14)7-9/h3-4,7-8,11,16H,5-6H2,1-2H3,(H2,15,18). The second-order valence-electron chi connectivity index (χ2n) is 4.78. The first kappa shape index (κ1) is 17.2. The van der Waals surface area contributed by atoms with E-state index in [-0.39, 0.29) is 23.4 Å². The van der Waals surface area contributed by atoms with Crippen LogP contribution in [0.2, 0.25) is 5.02 Å². The van der Waals surface area contributed by atoms with E-state index >= 15 is 0 Å². The summed E-state index contributed by atoms with van der Waals surface area (Å²) in [6, 6.07) is 3.73. The molecule has 3 N–H and O–H groups in total. The van der Waals surface area contributed by atoms with Gasteiger partial charge in [-0.2, -0.15) is 0 Å². The monoisotopic (exact) mass is 315 g/mol. The number of primary amides is 1. The predicted octanol–water partition coefficient (Wildman–Crippen LogP) is 1.87. The van der Waals surface area contributed by atoms with Gasteiger partial charge in [-0.15, -0.1) is 0 Å². The molecular weight excluding hydrogens is 298 g/mol. The molecule has 0 aliphatic carbocycles. The van der Waals surface area contributed by atoms with E-state index in [1.165, 1.54) is 18.2 Å². The number of ether oxygens (including phenoxy) is 1. The van der Waals surface area contributed by atoms with Gasteiger partial charge in [0.1, 0.15) is 10.8 Å². The molecule has 0 aromatic heterocycles. The molecule has 0 aliphatic heterocycles. The van der Waals surface area contributed by atoms with Crippen LogP contribution < -0.4 is 15.8 Å². The van der Waals surface area contributed by atoms with Crippen molar-refractivity contribution in [1.29, 1.82) is 0 Å². The zero-order chi connectivity index (χ0) is 16.0. The Balaban J connectivity index is 2.57. The number of rotatable bonds is 8. The maximum absolute atomic E-state index is 11.3. The average molecular weight is 316 g/mol. The number of carbonyl (C=O) groups is 1. The summed E-state index contributed by atoms with van der Waals surface area (Å²) in [6.07, 6.45) is 0.391. The van der Waals surface area contributed by atoms with Crippen molar-refractivity contribution in [1.82, 2.24) is 5.32 Å². The molecule has 1 atom stereocenters.